The highest BCUT2D eigenvalue weighted by Crippen LogP contribution is 2.16. The van der Waals surface area contributed by atoms with Crippen LogP contribution in [0.2, 0.25) is 0 Å². The predicted octanol–water partition coefficient (Wildman–Crippen LogP) is 1.46. The summed E-state index contributed by atoms with van der Waals surface area (Å²) in [4.78, 5) is 71.5. The Morgan fingerprint density at radius 1 is 0.791 bits per heavy atom. The van der Waals surface area contributed by atoms with Crippen molar-refractivity contribution in [3.8, 4) is 0 Å². The van der Waals surface area contributed by atoms with E-state index in [-0.39, 0.29) is 11.3 Å². The summed E-state index contributed by atoms with van der Waals surface area (Å²) < 4.78 is 76.4. The molecule has 43 heavy (non-hydrogen) atoms. The van der Waals surface area contributed by atoms with Gasteiger partial charge in [0.15, 0.2) is 13.2 Å². The van der Waals surface area contributed by atoms with E-state index in [0.29, 0.717) is 22.6 Å². The quantitative estimate of drug-likeness (QED) is 0.152. The zero-order chi connectivity index (χ0) is 33.7. The molecule has 0 unspecified atom stereocenters. The molecule has 3 amide bonds. The van der Waals surface area contributed by atoms with Crippen molar-refractivity contribution in [1.29, 1.82) is 0 Å². The van der Waals surface area contributed by atoms with E-state index in [1.54, 1.807) is 6.92 Å². The number of aromatic nitrogens is 2. The Kier molecular flexibility index (Phi) is 14.5. The summed E-state index contributed by atoms with van der Waals surface area (Å²) in [6.07, 6.45) is -6.78. The Morgan fingerprint density at radius 2 is 1.21 bits per heavy atom. The van der Waals surface area contributed by atoms with E-state index >= 15 is 0 Å². The monoisotopic (exact) mass is 646 g/mol. The fourth-order valence-corrected chi connectivity index (χ4v) is 2.30. The molecule has 0 saturated heterocycles. The average Bonchev–Trinajstić information content (AvgIpc) is 2.87. The molecule has 0 atom stereocenters. The lowest BCUT2D eigenvalue weighted by Crippen LogP contribution is -2.29. The SMILES string of the molecule is Cc1ncc(N)cc1C(N)=O.Cc1ncc(NC(=O)C(=O)OCC(F)(F)F)cc1C(N)=O.O=C(Cl)C(=O)OCC(F)(F)F. The number of hydrogen-bond donors (Lipinski definition) is 4. The summed E-state index contributed by atoms with van der Waals surface area (Å²) >= 11 is 4.48. The van der Waals surface area contributed by atoms with E-state index in [4.69, 9.17) is 17.2 Å². The number of alkyl halides is 6. The van der Waals surface area contributed by atoms with E-state index in [2.05, 4.69) is 31.0 Å². The second-order valence-electron chi connectivity index (χ2n) is 7.60. The van der Waals surface area contributed by atoms with Gasteiger partial charge in [0.25, 0.3) is 11.8 Å². The molecular weight excluding hydrogens is 626 g/mol. The van der Waals surface area contributed by atoms with Crippen LogP contribution in [0.15, 0.2) is 24.5 Å². The number of carbonyl (C=O) groups excluding carboxylic acids is 6. The van der Waals surface area contributed by atoms with Gasteiger partial charge in [-0.2, -0.15) is 26.3 Å². The average molecular weight is 647 g/mol. The van der Waals surface area contributed by atoms with Crippen LogP contribution in [0.5, 0.6) is 0 Å². The Bertz CT molecular complexity index is 1370. The molecule has 0 aliphatic rings. The molecule has 0 saturated carbocycles. The van der Waals surface area contributed by atoms with Gasteiger partial charge in [0.2, 0.25) is 0 Å². The fraction of sp³-hybridized carbons (Fsp3) is 0.273. The van der Waals surface area contributed by atoms with Crippen LogP contribution < -0.4 is 22.5 Å². The number of nitrogens with zero attached hydrogens (tertiary/aromatic N) is 2. The molecule has 2 aromatic heterocycles. The van der Waals surface area contributed by atoms with Crippen molar-refractivity contribution in [2.24, 2.45) is 11.5 Å². The number of nitrogens with one attached hydrogen (secondary N) is 1. The Balaban J connectivity index is 0.000000677. The molecule has 14 nitrogen and oxygen atoms in total. The first-order chi connectivity index (χ1) is 19.5. The number of ether oxygens (including phenoxy) is 2. The van der Waals surface area contributed by atoms with Crippen molar-refractivity contribution < 1.29 is 64.6 Å². The number of pyridine rings is 2. The highest BCUT2D eigenvalue weighted by Gasteiger charge is 2.31. The third-order valence-corrected chi connectivity index (χ3v) is 4.22. The summed E-state index contributed by atoms with van der Waals surface area (Å²) in [5, 5.41) is 0.375. The van der Waals surface area contributed by atoms with Crippen molar-refractivity contribution in [2.75, 3.05) is 24.3 Å². The Morgan fingerprint density at radius 3 is 1.60 bits per heavy atom. The van der Waals surface area contributed by atoms with Gasteiger partial charge in [0, 0.05) is 0 Å². The van der Waals surface area contributed by atoms with Gasteiger partial charge in [0.05, 0.1) is 46.3 Å². The maximum atomic E-state index is 11.8. The van der Waals surface area contributed by atoms with Crippen molar-refractivity contribution in [2.45, 2.75) is 26.2 Å². The van der Waals surface area contributed by atoms with Gasteiger partial charge in [-0.05, 0) is 37.6 Å². The Hall–Kier alpha value is -5.01. The normalized spacial score (nSPS) is 10.5. The number of anilines is 2. The van der Waals surface area contributed by atoms with E-state index in [9.17, 15) is 55.1 Å². The number of amides is 3. The molecule has 0 aromatic carbocycles. The van der Waals surface area contributed by atoms with Crippen molar-refractivity contribution >= 4 is 57.9 Å². The molecule has 2 rings (SSSR count). The molecule has 2 heterocycles. The predicted molar refractivity (Wildman–Crippen MR) is 133 cm³/mol. The molecule has 21 heteroatoms. The number of rotatable bonds is 6. The number of nitrogens with two attached hydrogens (primary N) is 3. The van der Waals surface area contributed by atoms with Crippen molar-refractivity contribution in [3.05, 3.63) is 47.0 Å². The molecular formula is C22H21ClF6N6O8. The van der Waals surface area contributed by atoms with Gasteiger partial charge in [-0.25, -0.2) is 9.59 Å². The summed E-state index contributed by atoms with van der Waals surface area (Å²) in [7, 11) is 0. The number of primary amides is 2. The van der Waals surface area contributed by atoms with Crippen molar-refractivity contribution in [3.63, 3.8) is 0 Å². The molecule has 0 radical (unpaired) electrons. The number of nitrogen functional groups attached to an aromatic ring is 1. The second kappa shape index (κ2) is 16.4. The van der Waals surface area contributed by atoms with E-state index in [0.717, 1.165) is 12.3 Å². The number of carbonyl (C=O) groups is 6. The molecule has 0 spiro atoms. The van der Waals surface area contributed by atoms with Crippen LogP contribution in [0.25, 0.3) is 0 Å². The first-order valence-corrected chi connectivity index (χ1v) is 11.2. The molecule has 0 aliphatic carbocycles. The standard InChI is InChI=1S/C11H10F3N3O4.C7H9N3O.C4H2ClF3O3/c1-5-7(8(15)18)2-6(3-16-5)17-9(19)10(20)21-4-11(12,13)14;1-4-6(7(9)11)2-5(8)3-10-4;5-2(9)3(10)11-1-4(6,7)8/h2-3H,4H2,1H3,(H2,15,18)(H,17,19);2-3H,8H2,1H3,(H2,9,11);1H2. The summed E-state index contributed by atoms with van der Waals surface area (Å²) in [6.45, 7) is -0.481. The zero-order valence-corrected chi connectivity index (χ0v) is 22.5. The van der Waals surface area contributed by atoms with Gasteiger partial charge < -0.3 is 32.0 Å². The van der Waals surface area contributed by atoms with Gasteiger partial charge in [-0.1, -0.05) is 0 Å². The highest BCUT2D eigenvalue weighted by atomic mass is 35.5. The van der Waals surface area contributed by atoms with Gasteiger partial charge in [0.1, 0.15) is 0 Å². The minimum absolute atomic E-state index is 0.00328. The third-order valence-electron chi connectivity index (χ3n) is 4.06. The molecule has 7 N–H and O–H groups in total. The van der Waals surface area contributed by atoms with Gasteiger partial charge in [-0.3, -0.25) is 29.1 Å². The molecule has 0 fully saturated rings. The van der Waals surface area contributed by atoms with E-state index in [1.165, 1.54) is 19.2 Å². The van der Waals surface area contributed by atoms with Crippen LogP contribution in [0.3, 0.4) is 0 Å². The fourth-order valence-electron chi connectivity index (χ4n) is 2.25. The van der Waals surface area contributed by atoms with Gasteiger partial charge in [-0.15, -0.1) is 0 Å². The number of aryl methyl sites for hydroxylation is 2. The maximum absolute atomic E-state index is 11.8. The van der Waals surface area contributed by atoms with E-state index in [1.807, 2.05) is 5.32 Å². The van der Waals surface area contributed by atoms with Crippen LogP contribution >= 0.6 is 11.6 Å². The third kappa shape index (κ3) is 16.1. The Labute approximate surface area is 241 Å². The summed E-state index contributed by atoms with van der Waals surface area (Å²) in [6, 6.07) is 2.66. The number of esters is 2. The smallest absolute Gasteiger partial charge is 0.422 e. The minimum atomic E-state index is -4.74. The first-order valence-electron chi connectivity index (χ1n) is 10.8. The zero-order valence-electron chi connectivity index (χ0n) is 21.8. The largest absolute Gasteiger partial charge is 0.449 e. The highest BCUT2D eigenvalue weighted by molar-refractivity contribution is 6.80. The lowest BCUT2D eigenvalue weighted by atomic mass is 10.2. The van der Waals surface area contributed by atoms with Crippen LogP contribution in [-0.4, -0.2) is 70.4 Å². The minimum Gasteiger partial charge on any atom is -0.449 e. The van der Waals surface area contributed by atoms with Crippen LogP contribution in [0.1, 0.15) is 32.1 Å². The maximum Gasteiger partial charge on any atom is 0.422 e. The number of hydrogen-bond acceptors (Lipinski definition) is 11. The number of halogens is 7. The van der Waals surface area contributed by atoms with Crippen LogP contribution in [-0.2, 0) is 28.7 Å². The lowest BCUT2D eigenvalue weighted by Gasteiger charge is -2.09. The van der Waals surface area contributed by atoms with Crippen LogP contribution in [0, 0.1) is 13.8 Å². The topological polar surface area (TPSA) is 237 Å². The molecule has 2 aromatic rings. The van der Waals surface area contributed by atoms with E-state index < -0.39 is 60.5 Å². The molecule has 0 bridgehead atoms. The lowest BCUT2D eigenvalue weighted by molar-refractivity contribution is -0.186. The second-order valence-corrected chi connectivity index (χ2v) is 7.94. The summed E-state index contributed by atoms with van der Waals surface area (Å²) in [5.74, 6) is -6.16. The van der Waals surface area contributed by atoms with Crippen LogP contribution in [0.4, 0.5) is 37.7 Å². The van der Waals surface area contributed by atoms with Gasteiger partial charge >= 0.3 is 35.4 Å². The first kappa shape index (κ1) is 38.0. The van der Waals surface area contributed by atoms with Crippen molar-refractivity contribution in [1.82, 2.24) is 9.97 Å². The molecule has 0 aliphatic heterocycles. The summed E-state index contributed by atoms with van der Waals surface area (Å²) in [5.41, 5.74) is 17.1. The molecule has 236 valence electrons.